The molecule has 0 aromatic heterocycles. The summed E-state index contributed by atoms with van der Waals surface area (Å²) in [5.74, 6) is 0.318. The molecule has 0 saturated heterocycles. The minimum Gasteiger partial charge on any atom is -0.489 e. The molecule has 0 aliphatic heterocycles. The average molecular weight is 306 g/mol. The largest absolute Gasteiger partial charge is 0.489 e. The predicted octanol–water partition coefficient (Wildman–Crippen LogP) is 4.88. The van der Waals surface area contributed by atoms with E-state index >= 15 is 0 Å². The highest BCUT2D eigenvalue weighted by Crippen LogP contribution is 2.24. The molecule has 0 amide bonds. The van der Waals surface area contributed by atoms with Gasteiger partial charge in [-0.15, -0.1) is 0 Å². The van der Waals surface area contributed by atoms with E-state index in [2.05, 4.69) is 0 Å². The summed E-state index contributed by atoms with van der Waals surface area (Å²) in [5, 5.41) is 0. The fourth-order valence-electron chi connectivity index (χ4n) is 2.33. The van der Waals surface area contributed by atoms with Crippen molar-refractivity contribution in [3.8, 4) is 16.9 Å². The Bertz CT molecular complexity index is 796. The van der Waals surface area contributed by atoms with Crippen LogP contribution in [-0.2, 0) is 6.61 Å². The topological polar surface area (TPSA) is 26.3 Å². The molecule has 0 aliphatic rings. The van der Waals surface area contributed by atoms with Gasteiger partial charge in [0.15, 0.2) is 0 Å². The number of hydrogen-bond acceptors (Lipinski definition) is 2. The molecule has 3 heteroatoms. The molecule has 0 spiro atoms. The van der Waals surface area contributed by atoms with Gasteiger partial charge in [0.1, 0.15) is 24.5 Å². The normalized spacial score (nSPS) is 10.3. The van der Waals surface area contributed by atoms with Gasteiger partial charge in [-0.05, 0) is 47.0 Å². The lowest BCUT2D eigenvalue weighted by molar-refractivity contribution is 0.112. The van der Waals surface area contributed by atoms with Crippen molar-refractivity contribution in [1.82, 2.24) is 0 Å². The molecule has 0 aliphatic carbocycles. The van der Waals surface area contributed by atoms with Gasteiger partial charge in [-0.3, -0.25) is 4.79 Å². The third-order valence-corrected chi connectivity index (χ3v) is 3.49. The van der Waals surface area contributed by atoms with Crippen LogP contribution in [0.5, 0.6) is 5.75 Å². The average Bonchev–Trinajstić information content (AvgIpc) is 2.60. The first-order chi connectivity index (χ1) is 11.2. The first-order valence-corrected chi connectivity index (χ1v) is 7.27. The molecule has 3 aromatic carbocycles. The molecule has 0 N–H and O–H groups in total. The molecule has 0 radical (unpaired) electrons. The molecule has 2 nitrogen and oxygen atoms in total. The molecule has 3 rings (SSSR count). The third-order valence-electron chi connectivity index (χ3n) is 3.49. The summed E-state index contributed by atoms with van der Waals surface area (Å²) in [6.45, 7) is 0.495. The van der Waals surface area contributed by atoms with Crippen molar-refractivity contribution in [2.75, 3.05) is 0 Å². The van der Waals surface area contributed by atoms with Gasteiger partial charge in [0.2, 0.25) is 0 Å². The molecule has 114 valence electrons. The Labute approximate surface area is 134 Å². The Balaban J connectivity index is 1.74. The van der Waals surface area contributed by atoms with Crippen molar-refractivity contribution < 1.29 is 13.9 Å². The zero-order valence-corrected chi connectivity index (χ0v) is 12.4. The van der Waals surface area contributed by atoms with Crippen LogP contribution in [0.4, 0.5) is 4.39 Å². The first kappa shape index (κ1) is 15.0. The van der Waals surface area contributed by atoms with E-state index in [1.807, 2.05) is 54.6 Å². The van der Waals surface area contributed by atoms with E-state index in [1.54, 1.807) is 6.07 Å². The Morgan fingerprint density at radius 1 is 0.870 bits per heavy atom. The summed E-state index contributed by atoms with van der Waals surface area (Å²) < 4.78 is 19.2. The standard InChI is InChI=1S/C20H15FO2/c21-19-11-16(13-22)10-18(12-19)17-6-8-20(9-7-17)23-14-15-4-2-1-3-5-15/h1-13H,14H2. The minimum atomic E-state index is -0.422. The Kier molecular flexibility index (Phi) is 4.48. The Morgan fingerprint density at radius 3 is 2.30 bits per heavy atom. The number of benzene rings is 3. The van der Waals surface area contributed by atoms with E-state index in [0.717, 1.165) is 16.9 Å². The van der Waals surface area contributed by atoms with Crippen LogP contribution >= 0.6 is 0 Å². The summed E-state index contributed by atoms with van der Waals surface area (Å²) in [6, 6.07) is 21.6. The van der Waals surface area contributed by atoms with Crippen LogP contribution in [-0.4, -0.2) is 6.29 Å². The van der Waals surface area contributed by atoms with Crippen molar-refractivity contribution in [1.29, 1.82) is 0 Å². The quantitative estimate of drug-likeness (QED) is 0.628. The summed E-state index contributed by atoms with van der Waals surface area (Å²) in [5.41, 5.74) is 2.92. The molecule has 0 atom stereocenters. The first-order valence-electron chi connectivity index (χ1n) is 7.27. The van der Waals surface area contributed by atoms with E-state index < -0.39 is 5.82 Å². The molecule has 0 fully saturated rings. The highest BCUT2D eigenvalue weighted by atomic mass is 19.1. The number of carbonyl (C=O) groups is 1. The lowest BCUT2D eigenvalue weighted by Crippen LogP contribution is -1.94. The maximum absolute atomic E-state index is 13.5. The zero-order valence-electron chi connectivity index (χ0n) is 12.4. The number of halogens is 1. The number of ether oxygens (including phenoxy) is 1. The second-order valence-electron chi connectivity index (χ2n) is 5.19. The monoisotopic (exact) mass is 306 g/mol. The van der Waals surface area contributed by atoms with Gasteiger partial charge in [0.05, 0.1) is 0 Å². The van der Waals surface area contributed by atoms with E-state index in [1.165, 1.54) is 12.1 Å². The smallest absolute Gasteiger partial charge is 0.150 e. The maximum Gasteiger partial charge on any atom is 0.150 e. The minimum absolute atomic E-state index is 0.324. The molecule has 0 saturated carbocycles. The van der Waals surface area contributed by atoms with Crippen molar-refractivity contribution in [2.45, 2.75) is 6.61 Å². The van der Waals surface area contributed by atoms with Crippen LogP contribution in [0.25, 0.3) is 11.1 Å². The maximum atomic E-state index is 13.5. The van der Waals surface area contributed by atoms with E-state index in [0.29, 0.717) is 24.0 Å². The van der Waals surface area contributed by atoms with E-state index in [-0.39, 0.29) is 0 Å². The highest BCUT2D eigenvalue weighted by molar-refractivity contribution is 5.79. The number of rotatable bonds is 5. The fourth-order valence-corrected chi connectivity index (χ4v) is 2.33. The molecule has 23 heavy (non-hydrogen) atoms. The molecule has 0 bridgehead atoms. The molecular formula is C20H15FO2. The van der Waals surface area contributed by atoms with Crippen LogP contribution in [0.15, 0.2) is 72.8 Å². The summed E-state index contributed by atoms with van der Waals surface area (Å²) in [4.78, 5) is 10.8. The lowest BCUT2D eigenvalue weighted by Gasteiger charge is -2.08. The van der Waals surface area contributed by atoms with Crippen molar-refractivity contribution in [3.63, 3.8) is 0 Å². The predicted molar refractivity (Wildman–Crippen MR) is 88.0 cm³/mol. The van der Waals surface area contributed by atoms with Gasteiger partial charge in [-0.1, -0.05) is 42.5 Å². The van der Waals surface area contributed by atoms with Crippen LogP contribution in [0.1, 0.15) is 15.9 Å². The van der Waals surface area contributed by atoms with Crippen molar-refractivity contribution in [2.24, 2.45) is 0 Å². The van der Waals surface area contributed by atoms with Crippen LogP contribution in [0, 0.1) is 5.82 Å². The Morgan fingerprint density at radius 2 is 1.61 bits per heavy atom. The fraction of sp³-hybridized carbons (Fsp3) is 0.0500. The van der Waals surface area contributed by atoms with Gasteiger partial charge >= 0.3 is 0 Å². The number of carbonyl (C=O) groups excluding carboxylic acids is 1. The van der Waals surface area contributed by atoms with E-state index in [4.69, 9.17) is 4.74 Å². The van der Waals surface area contributed by atoms with Crippen molar-refractivity contribution in [3.05, 3.63) is 89.7 Å². The molecule has 0 heterocycles. The lowest BCUT2D eigenvalue weighted by atomic mass is 10.0. The summed E-state index contributed by atoms with van der Waals surface area (Å²) >= 11 is 0. The van der Waals surface area contributed by atoms with Gasteiger partial charge in [0, 0.05) is 5.56 Å². The second kappa shape index (κ2) is 6.88. The van der Waals surface area contributed by atoms with Crippen LogP contribution in [0.2, 0.25) is 0 Å². The van der Waals surface area contributed by atoms with Crippen LogP contribution in [0.3, 0.4) is 0 Å². The molecular weight excluding hydrogens is 291 g/mol. The zero-order chi connectivity index (χ0) is 16.1. The second-order valence-corrected chi connectivity index (χ2v) is 5.19. The van der Waals surface area contributed by atoms with Crippen LogP contribution < -0.4 is 4.74 Å². The van der Waals surface area contributed by atoms with Gasteiger partial charge in [0.25, 0.3) is 0 Å². The van der Waals surface area contributed by atoms with Gasteiger partial charge in [-0.2, -0.15) is 0 Å². The number of aldehydes is 1. The summed E-state index contributed by atoms with van der Waals surface area (Å²) in [7, 11) is 0. The van der Waals surface area contributed by atoms with Gasteiger partial charge in [-0.25, -0.2) is 4.39 Å². The summed E-state index contributed by atoms with van der Waals surface area (Å²) in [6.07, 6.45) is 0.643. The Hall–Kier alpha value is -2.94. The van der Waals surface area contributed by atoms with Gasteiger partial charge < -0.3 is 4.74 Å². The van der Waals surface area contributed by atoms with E-state index in [9.17, 15) is 9.18 Å². The van der Waals surface area contributed by atoms with Crippen molar-refractivity contribution >= 4 is 6.29 Å². The molecule has 0 unspecified atom stereocenters. The highest BCUT2D eigenvalue weighted by Gasteiger charge is 2.04. The number of hydrogen-bond donors (Lipinski definition) is 0. The SMILES string of the molecule is O=Cc1cc(F)cc(-c2ccc(OCc3ccccc3)cc2)c1. The third kappa shape index (κ3) is 3.83. The molecule has 3 aromatic rings.